The van der Waals surface area contributed by atoms with E-state index in [9.17, 15) is 4.79 Å². The second-order valence-electron chi connectivity index (χ2n) is 5.22. The van der Waals surface area contributed by atoms with E-state index >= 15 is 0 Å². The van der Waals surface area contributed by atoms with Crippen molar-refractivity contribution in [1.82, 2.24) is 9.97 Å². The highest BCUT2D eigenvalue weighted by molar-refractivity contribution is 5.78. The fraction of sp³-hybridized carbons (Fsp3) is 0.500. The molecule has 0 aliphatic heterocycles. The fourth-order valence-electron chi connectivity index (χ4n) is 2.80. The van der Waals surface area contributed by atoms with Gasteiger partial charge in [-0.3, -0.25) is 0 Å². The molecule has 0 bridgehead atoms. The van der Waals surface area contributed by atoms with Crippen LogP contribution in [0.15, 0.2) is 23.0 Å². The Balaban J connectivity index is 1.68. The van der Waals surface area contributed by atoms with Crippen molar-refractivity contribution < 1.29 is 0 Å². The van der Waals surface area contributed by atoms with Crippen molar-refractivity contribution in [3.63, 3.8) is 0 Å². The monoisotopic (exact) mass is 245 g/mol. The van der Waals surface area contributed by atoms with Gasteiger partial charge in [0.1, 0.15) is 0 Å². The molecule has 18 heavy (non-hydrogen) atoms. The molecule has 1 heterocycles. The van der Waals surface area contributed by atoms with Crippen LogP contribution >= 0.6 is 0 Å². The van der Waals surface area contributed by atoms with Crippen LogP contribution in [0.4, 0.5) is 5.69 Å². The van der Waals surface area contributed by atoms with E-state index in [0.29, 0.717) is 0 Å². The first kappa shape index (κ1) is 11.4. The number of imidazole rings is 1. The van der Waals surface area contributed by atoms with E-state index in [1.54, 1.807) is 0 Å². The largest absolute Gasteiger partial charge is 0.385 e. The molecule has 96 valence electrons. The number of fused-ring (bicyclic) bond motifs is 1. The maximum Gasteiger partial charge on any atom is 0.323 e. The van der Waals surface area contributed by atoms with Gasteiger partial charge in [-0.2, -0.15) is 0 Å². The molecule has 0 atom stereocenters. The molecule has 1 aliphatic rings. The smallest absolute Gasteiger partial charge is 0.323 e. The Hall–Kier alpha value is -1.71. The van der Waals surface area contributed by atoms with Crippen LogP contribution in [0.3, 0.4) is 0 Å². The summed E-state index contributed by atoms with van der Waals surface area (Å²) in [6.45, 7) is 1.04. The minimum absolute atomic E-state index is 0.144. The number of anilines is 1. The van der Waals surface area contributed by atoms with Crippen molar-refractivity contribution in [2.24, 2.45) is 5.92 Å². The summed E-state index contributed by atoms with van der Waals surface area (Å²) in [5, 5.41) is 3.48. The Morgan fingerprint density at radius 2 is 1.89 bits per heavy atom. The van der Waals surface area contributed by atoms with Crippen molar-refractivity contribution in [2.45, 2.75) is 32.1 Å². The second-order valence-corrected chi connectivity index (χ2v) is 5.22. The number of hydrogen-bond donors (Lipinski definition) is 3. The molecule has 0 radical (unpaired) electrons. The van der Waals surface area contributed by atoms with Crippen LogP contribution in [0.1, 0.15) is 32.1 Å². The number of H-pyrrole nitrogens is 2. The van der Waals surface area contributed by atoms with Crippen LogP contribution in [-0.2, 0) is 0 Å². The minimum Gasteiger partial charge on any atom is -0.385 e. The van der Waals surface area contributed by atoms with Gasteiger partial charge in [-0.1, -0.05) is 19.3 Å². The SMILES string of the molecule is O=c1[nH]c2ccc(NCC3CCCCC3)cc2[nH]1. The molecule has 0 spiro atoms. The van der Waals surface area contributed by atoms with E-state index in [1.807, 2.05) is 18.2 Å². The summed E-state index contributed by atoms with van der Waals surface area (Å²) in [5.74, 6) is 0.805. The van der Waals surface area contributed by atoms with Crippen LogP contribution < -0.4 is 11.0 Å². The maximum atomic E-state index is 11.2. The number of benzene rings is 1. The molecule has 1 saturated carbocycles. The van der Waals surface area contributed by atoms with Crippen molar-refractivity contribution >= 4 is 16.7 Å². The molecule has 3 rings (SSSR count). The van der Waals surface area contributed by atoms with Crippen LogP contribution in [0.5, 0.6) is 0 Å². The first-order valence-electron chi connectivity index (χ1n) is 6.77. The predicted molar refractivity (Wildman–Crippen MR) is 74.0 cm³/mol. The van der Waals surface area contributed by atoms with Gasteiger partial charge in [0.05, 0.1) is 11.0 Å². The molecule has 2 aromatic rings. The molecule has 4 heteroatoms. The van der Waals surface area contributed by atoms with Crippen molar-refractivity contribution in [1.29, 1.82) is 0 Å². The molecular weight excluding hydrogens is 226 g/mol. The molecule has 1 fully saturated rings. The summed E-state index contributed by atoms with van der Waals surface area (Å²) in [6, 6.07) is 5.96. The van der Waals surface area contributed by atoms with Crippen LogP contribution in [0.25, 0.3) is 11.0 Å². The van der Waals surface area contributed by atoms with E-state index in [-0.39, 0.29) is 5.69 Å². The molecule has 1 aromatic carbocycles. The lowest BCUT2D eigenvalue weighted by atomic mass is 9.89. The highest BCUT2D eigenvalue weighted by Gasteiger charge is 2.12. The van der Waals surface area contributed by atoms with E-state index in [1.165, 1.54) is 32.1 Å². The Kier molecular flexibility index (Phi) is 3.09. The fourth-order valence-corrected chi connectivity index (χ4v) is 2.80. The quantitative estimate of drug-likeness (QED) is 0.778. The summed E-state index contributed by atoms with van der Waals surface area (Å²) in [4.78, 5) is 16.7. The number of hydrogen-bond acceptors (Lipinski definition) is 2. The highest BCUT2D eigenvalue weighted by Crippen LogP contribution is 2.24. The van der Waals surface area contributed by atoms with Gasteiger partial charge in [-0.15, -0.1) is 0 Å². The third-order valence-corrected chi connectivity index (χ3v) is 3.84. The first-order valence-corrected chi connectivity index (χ1v) is 6.77. The van der Waals surface area contributed by atoms with E-state index in [2.05, 4.69) is 15.3 Å². The topological polar surface area (TPSA) is 60.7 Å². The van der Waals surface area contributed by atoms with Gasteiger partial charge in [0.25, 0.3) is 0 Å². The number of rotatable bonds is 3. The molecule has 3 N–H and O–H groups in total. The first-order chi connectivity index (χ1) is 8.81. The van der Waals surface area contributed by atoms with E-state index in [4.69, 9.17) is 0 Å². The van der Waals surface area contributed by atoms with Gasteiger partial charge in [-0.05, 0) is 37.0 Å². The Morgan fingerprint density at radius 3 is 2.72 bits per heavy atom. The summed E-state index contributed by atoms with van der Waals surface area (Å²) >= 11 is 0. The summed E-state index contributed by atoms with van der Waals surface area (Å²) < 4.78 is 0. The van der Waals surface area contributed by atoms with Gasteiger partial charge in [-0.25, -0.2) is 4.79 Å². The number of aromatic amines is 2. The Bertz CT molecular complexity index is 578. The van der Waals surface area contributed by atoms with Crippen molar-refractivity contribution in [3.8, 4) is 0 Å². The molecule has 4 nitrogen and oxygen atoms in total. The van der Waals surface area contributed by atoms with Crippen LogP contribution in [0, 0.1) is 5.92 Å². The Labute approximate surface area is 106 Å². The van der Waals surface area contributed by atoms with Crippen LogP contribution in [0.2, 0.25) is 0 Å². The van der Waals surface area contributed by atoms with Gasteiger partial charge in [0.2, 0.25) is 0 Å². The number of aromatic nitrogens is 2. The normalized spacial score (nSPS) is 17.1. The molecule has 0 amide bonds. The van der Waals surface area contributed by atoms with Gasteiger partial charge >= 0.3 is 5.69 Å². The molecule has 1 aliphatic carbocycles. The van der Waals surface area contributed by atoms with Crippen molar-refractivity contribution in [3.05, 3.63) is 28.7 Å². The summed E-state index contributed by atoms with van der Waals surface area (Å²) in [7, 11) is 0. The summed E-state index contributed by atoms with van der Waals surface area (Å²) in [5.41, 5.74) is 2.68. The Morgan fingerprint density at radius 1 is 1.11 bits per heavy atom. The van der Waals surface area contributed by atoms with E-state index in [0.717, 1.165) is 29.2 Å². The van der Waals surface area contributed by atoms with Crippen LogP contribution in [-0.4, -0.2) is 16.5 Å². The van der Waals surface area contributed by atoms with Gasteiger partial charge < -0.3 is 15.3 Å². The van der Waals surface area contributed by atoms with Gasteiger partial charge in [0.15, 0.2) is 0 Å². The molecule has 0 unspecified atom stereocenters. The lowest BCUT2D eigenvalue weighted by molar-refractivity contribution is 0.373. The lowest BCUT2D eigenvalue weighted by Gasteiger charge is -2.22. The van der Waals surface area contributed by atoms with E-state index < -0.39 is 0 Å². The zero-order valence-corrected chi connectivity index (χ0v) is 10.5. The molecule has 1 aromatic heterocycles. The average molecular weight is 245 g/mol. The average Bonchev–Trinajstić information content (AvgIpc) is 2.77. The number of nitrogens with one attached hydrogen (secondary N) is 3. The molecular formula is C14H19N3O. The second kappa shape index (κ2) is 4.88. The summed E-state index contributed by atoms with van der Waals surface area (Å²) in [6.07, 6.45) is 6.83. The highest BCUT2D eigenvalue weighted by atomic mass is 16.1. The molecule has 0 saturated heterocycles. The zero-order chi connectivity index (χ0) is 12.4. The maximum absolute atomic E-state index is 11.2. The standard InChI is InChI=1S/C14H19N3O/c18-14-16-12-7-6-11(8-13(12)17-14)15-9-10-4-2-1-3-5-10/h6-8,10,15H,1-5,9H2,(H2,16,17,18). The third-order valence-electron chi connectivity index (χ3n) is 3.84. The van der Waals surface area contributed by atoms with Crippen molar-refractivity contribution in [2.75, 3.05) is 11.9 Å². The lowest BCUT2D eigenvalue weighted by Crippen LogP contribution is -2.16. The third kappa shape index (κ3) is 2.42. The minimum atomic E-state index is -0.144. The van der Waals surface area contributed by atoms with Gasteiger partial charge in [0, 0.05) is 12.2 Å². The predicted octanol–water partition coefficient (Wildman–Crippen LogP) is 2.85. The zero-order valence-electron chi connectivity index (χ0n) is 10.5.